The molecule has 0 radical (unpaired) electrons. The van der Waals surface area contributed by atoms with E-state index in [0.717, 1.165) is 76.8 Å². The van der Waals surface area contributed by atoms with Gasteiger partial charge >= 0.3 is 0 Å². The second-order valence-corrected chi connectivity index (χ2v) is 14.2. The normalized spacial score (nSPS) is 12.0. The number of aromatic nitrogens is 4. The van der Waals surface area contributed by atoms with Crippen LogP contribution in [0.2, 0.25) is 0 Å². The van der Waals surface area contributed by atoms with Gasteiger partial charge in [-0.05, 0) is 90.6 Å². The van der Waals surface area contributed by atoms with Crippen LogP contribution in [-0.4, -0.2) is 19.9 Å². The molecule has 0 aliphatic rings. The Kier molecular flexibility index (Phi) is 6.27. The van der Waals surface area contributed by atoms with E-state index in [1.165, 1.54) is 32.3 Å². The molecule has 0 atom stereocenters. The van der Waals surface area contributed by atoms with Gasteiger partial charge in [0.15, 0.2) is 11.6 Å². The van der Waals surface area contributed by atoms with Crippen LogP contribution in [0, 0.1) is 0 Å². The third-order valence-corrected chi connectivity index (χ3v) is 11.1. The van der Waals surface area contributed by atoms with Crippen LogP contribution in [0.5, 0.6) is 0 Å². The van der Waals surface area contributed by atoms with Gasteiger partial charge < -0.3 is 4.42 Å². The van der Waals surface area contributed by atoms with Crippen molar-refractivity contribution in [1.82, 2.24) is 19.9 Å². The van der Waals surface area contributed by atoms with Crippen molar-refractivity contribution in [2.45, 2.75) is 0 Å². The Hall–Kier alpha value is -7.50. The fourth-order valence-electron chi connectivity index (χ4n) is 8.54. The summed E-state index contributed by atoms with van der Waals surface area (Å²) in [5.41, 5.74) is 7.41. The topological polar surface area (TPSA) is 64.7 Å². The van der Waals surface area contributed by atoms with Gasteiger partial charge in [-0.3, -0.25) is 0 Å². The Morgan fingerprint density at radius 3 is 1.36 bits per heavy atom. The summed E-state index contributed by atoms with van der Waals surface area (Å²) in [7, 11) is 0. The van der Waals surface area contributed by atoms with Crippen molar-refractivity contribution in [3.63, 3.8) is 0 Å². The molecule has 3 heterocycles. The summed E-state index contributed by atoms with van der Waals surface area (Å²) in [6, 6.07) is 55.4. The fourth-order valence-corrected chi connectivity index (χ4v) is 8.54. The van der Waals surface area contributed by atoms with Crippen LogP contribution in [-0.2, 0) is 0 Å². The quantitative estimate of drug-likeness (QED) is 0.172. The molecule has 5 heteroatoms. The number of benzene rings is 9. The highest BCUT2D eigenvalue weighted by Crippen LogP contribution is 2.39. The van der Waals surface area contributed by atoms with Crippen molar-refractivity contribution in [2.75, 3.05) is 0 Å². The molecular formula is C50H28N4O. The van der Waals surface area contributed by atoms with E-state index in [0.29, 0.717) is 11.6 Å². The average molecular weight is 701 g/mol. The Balaban J connectivity index is 1.03. The van der Waals surface area contributed by atoms with E-state index in [1.54, 1.807) is 0 Å². The Bertz CT molecular complexity index is 3530. The molecule has 0 bridgehead atoms. The number of furan rings is 1. The second kappa shape index (κ2) is 11.5. The van der Waals surface area contributed by atoms with Crippen LogP contribution in [0.3, 0.4) is 0 Å². The highest BCUT2D eigenvalue weighted by molar-refractivity contribution is 6.26. The number of nitrogens with zero attached hydrogens (tertiary/aromatic N) is 4. The molecule has 12 rings (SSSR count). The van der Waals surface area contributed by atoms with E-state index >= 15 is 0 Å². The summed E-state index contributed by atoms with van der Waals surface area (Å²) in [6.45, 7) is 0. The molecule has 254 valence electrons. The first kappa shape index (κ1) is 30.0. The first-order valence-corrected chi connectivity index (χ1v) is 18.5. The molecule has 0 fully saturated rings. The molecule has 0 saturated heterocycles. The Morgan fingerprint density at radius 1 is 0.291 bits per heavy atom. The first-order valence-electron chi connectivity index (χ1n) is 18.5. The number of rotatable bonds is 3. The lowest BCUT2D eigenvalue weighted by Crippen LogP contribution is -1.96. The Morgan fingerprint density at radius 2 is 0.727 bits per heavy atom. The molecular weight excluding hydrogens is 673 g/mol. The van der Waals surface area contributed by atoms with Crippen molar-refractivity contribution in [1.29, 1.82) is 0 Å². The minimum atomic E-state index is 0.634. The van der Waals surface area contributed by atoms with Crippen molar-refractivity contribution < 1.29 is 4.42 Å². The summed E-state index contributed by atoms with van der Waals surface area (Å²) >= 11 is 0. The standard InChI is InChI=1S/C50H28N4O/c1-2-14-35-33(12-1)34-13-3-4-15-36(34)41-25-30(20-22-39(35)41)29-10-9-11-31(24-29)49-51-27-43-37-16-5-6-17-38(37)44-28-52-50(54-48(44)47(43)53-49)32-21-23-46-42(26-32)40-18-7-8-19-45(40)55-46/h1-28H. The molecule has 3 aromatic heterocycles. The molecule has 0 spiro atoms. The summed E-state index contributed by atoms with van der Waals surface area (Å²) in [5, 5.41) is 13.7. The van der Waals surface area contributed by atoms with Gasteiger partial charge in [-0.25, -0.2) is 19.9 Å². The molecule has 9 aromatic carbocycles. The second-order valence-electron chi connectivity index (χ2n) is 14.2. The van der Waals surface area contributed by atoms with Crippen LogP contribution in [0.1, 0.15) is 0 Å². The summed E-state index contributed by atoms with van der Waals surface area (Å²) in [6.07, 6.45) is 3.89. The number of hydrogen-bond donors (Lipinski definition) is 0. The van der Waals surface area contributed by atoms with Crippen molar-refractivity contribution in [2.24, 2.45) is 0 Å². The van der Waals surface area contributed by atoms with Gasteiger partial charge in [-0.2, -0.15) is 0 Å². The highest BCUT2D eigenvalue weighted by Gasteiger charge is 2.17. The molecule has 0 N–H and O–H groups in total. The SMILES string of the molecule is c1cc(-c2ccc3c4ccccc4c4ccccc4c3c2)cc(-c2ncc3c4ccccc4c4cnc(-c5ccc6oc7ccccc7c6c5)nc4c3n2)c1. The number of fused-ring (bicyclic) bond motifs is 15. The van der Waals surface area contributed by atoms with Gasteiger partial charge in [0.1, 0.15) is 22.2 Å². The van der Waals surface area contributed by atoms with E-state index in [9.17, 15) is 0 Å². The predicted molar refractivity (Wildman–Crippen MR) is 226 cm³/mol. The van der Waals surface area contributed by atoms with Crippen LogP contribution in [0.4, 0.5) is 0 Å². The molecule has 0 aliphatic carbocycles. The van der Waals surface area contributed by atoms with Crippen molar-refractivity contribution in [3.05, 3.63) is 170 Å². The van der Waals surface area contributed by atoms with Gasteiger partial charge in [0, 0.05) is 45.1 Å². The third kappa shape index (κ3) is 4.53. The Labute approximate surface area is 314 Å². The molecule has 0 unspecified atom stereocenters. The lowest BCUT2D eigenvalue weighted by Gasteiger charge is -2.13. The van der Waals surface area contributed by atoms with Crippen LogP contribution < -0.4 is 0 Å². The van der Waals surface area contributed by atoms with Crippen molar-refractivity contribution in [3.8, 4) is 33.9 Å². The molecule has 0 amide bonds. The molecule has 12 aromatic rings. The van der Waals surface area contributed by atoms with Gasteiger partial charge in [-0.1, -0.05) is 121 Å². The third-order valence-electron chi connectivity index (χ3n) is 11.1. The maximum atomic E-state index is 6.10. The minimum absolute atomic E-state index is 0.634. The zero-order valence-corrected chi connectivity index (χ0v) is 29.4. The molecule has 0 aliphatic heterocycles. The zero-order chi connectivity index (χ0) is 36.0. The summed E-state index contributed by atoms with van der Waals surface area (Å²) < 4.78 is 6.10. The number of hydrogen-bond acceptors (Lipinski definition) is 5. The van der Waals surface area contributed by atoms with Crippen LogP contribution >= 0.6 is 0 Å². The highest BCUT2D eigenvalue weighted by atomic mass is 16.3. The maximum absolute atomic E-state index is 6.10. The molecule has 5 nitrogen and oxygen atoms in total. The minimum Gasteiger partial charge on any atom is -0.456 e. The monoisotopic (exact) mass is 700 g/mol. The predicted octanol–water partition coefficient (Wildman–Crippen LogP) is 13.1. The largest absolute Gasteiger partial charge is 0.456 e. The lowest BCUT2D eigenvalue weighted by atomic mass is 9.92. The zero-order valence-electron chi connectivity index (χ0n) is 29.4. The summed E-state index contributed by atoms with van der Waals surface area (Å²) in [4.78, 5) is 20.4. The molecule has 0 saturated carbocycles. The maximum Gasteiger partial charge on any atom is 0.159 e. The van der Waals surface area contributed by atoms with Gasteiger partial charge in [0.05, 0.1) is 0 Å². The van der Waals surface area contributed by atoms with Gasteiger partial charge in [0.2, 0.25) is 0 Å². The van der Waals surface area contributed by atoms with Crippen molar-refractivity contribution >= 4 is 86.8 Å². The summed E-state index contributed by atoms with van der Waals surface area (Å²) in [5.74, 6) is 1.28. The average Bonchev–Trinajstić information content (AvgIpc) is 3.64. The van der Waals surface area contributed by atoms with E-state index in [-0.39, 0.29) is 0 Å². The van der Waals surface area contributed by atoms with Crippen LogP contribution in [0.15, 0.2) is 175 Å². The van der Waals surface area contributed by atoms with E-state index in [2.05, 4.69) is 127 Å². The number of para-hydroxylation sites is 1. The fraction of sp³-hybridized carbons (Fsp3) is 0. The smallest absolute Gasteiger partial charge is 0.159 e. The van der Waals surface area contributed by atoms with Gasteiger partial charge in [-0.15, -0.1) is 0 Å². The lowest BCUT2D eigenvalue weighted by molar-refractivity contribution is 0.669. The van der Waals surface area contributed by atoms with E-state index in [4.69, 9.17) is 24.4 Å². The first-order chi connectivity index (χ1) is 27.2. The van der Waals surface area contributed by atoms with E-state index < -0.39 is 0 Å². The van der Waals surface area contributed by atoms with Gasteiger partial charge in [0.25, 0.3) is 0 Å². The van der Waals surface area contributed by atoms with Crippen LogP contribution in [0.25, 0.3) is 121 Å². The molecule has 55 heavy (non-hydrogen) atoms. The van der Waals surface area contributed by atoms with E-state index in [1.807, 2.05) is 42.7 Å².